The van der Waals surface area contributed by atoms with Gasteiger partial charge in [-0.15, -0.1) is 13.2 Å². The molecule has 0 saturated heterocycles. The summed E-state index contributed by atoms with van der Waals surface area (Å²) in [6.45, 7) is -0.240. The zero-order valence-corrected chi connectivity index (χ0v) is 18.8. The molecule has 0 aromatic heterocycles. The Balaban J connectivity index is 1.66. The second kappa shape index (κ2) is 9.93. The van der Waals surface area contributed by atoms with E-state index in [9.17, 15) is 40.3 Å². The van der Waals surface area contributed by atoms with Crippen LogP contribution in [0.4, 0.5) is 22.0 Å². The van der Waals surface area contributed by atoms with Crippen molar-refractivity contribution >= 4 is 44.5 Å². The fourth-order valence-corrected chi connectivity index (χ4v) is 4.82. The monoisotopic (exact) mass is 545 g/mol. The molecule has 0 aliphatic carbocycles. The molecule has 3 N–H and O–H groups in total. The van der Waals surface area contributed by atoms with E-state index in [0.29, 0.717) is 17.8 Å². The molecule has 16 heteroatoms. The van der Waals surface area contributed by atoms with Gasteiger partial charge in [0, 0.05) is 6.54 Å². The Hall–Kier alpha value is -2.62. The number of amidine groups is 1. The number of benzene rings is 2. The van der Waals surface area contributed by atoms with Crippen molar-refractivity contribution in [3.05, 3.63) is 58.4 Å². The first kappa shape index (κ1) is 26.0. The van der Waals surface area contributed by atoms with Gasteiger partial charge < -0.3 is 15.2 Å². The van der Waals surface area contributed by atoms with Gasteiger partial charge in [0.15, 0.2) is 16.9 Å². The first-order chi connectivity index (χ1) is 15.7. The van der Waals surface area contributed by atoms with Crippen molar-refractivity contribution < 1.29 is 45.0 Å². The molecule has 2 atom stereocenters. The number of thioether (sulfide) groups is 1. The zero-order chi connectivity index (χ0) is 25.3. The molecule has 34 heavy (non-hydrogen) atoms. The Kier molecular flexibility index (Phi) is 7.59. The Morgan fingerprint density at radius 3 is 2.50 bits per heavy atom. The lowest BCUT2D eigenvalue weighted by Crippen LogP contribution is -2.28. The number of aliphatic hydroxyl groups excluding tert-OH is 1. The third-order valence-electron chi connectivity index (χ3n) is 4.10. The standard InChI is InChI=1S/C18H13ClF5N3O5S2/c19-11-5-8(1-4-13(11)32-18(22,23)24)7-25-15(28)10-3-2-9(6-12(10)20)34(30,31)27-17-26-16(29)14(21)33-17/h1-6,14,16,29H,7H2,(H,25,28)(H,26,27). The topological polar surface area (TPSA) is 117 Å². The van der Waals surface area contributed by atoms with E-state index in [1.165, 1.54) is 6.07 Å². The van der Waals surface area contributed by atoms with Crippen LogP contribution in [0.5, 0.6) is 5.75 Å². The summed E-state index contributed by atoms with van der Waals surface area (Å²) in [5.41, 5.74) is -2.10. The molecule has 1 amide bonds. The number of nitrogens with one attached hydrogen (secondary N) is 2. The Bertz CT molecular complexity index is 1240. The van der Waals surface area contributed by atoms with Crippen LogP contribution in [0, 0.1) is 5.82 Å². The summed E-state index contributed by atoms with van der Waals surface area (Å²) in [7, 11) is -4.39. The van der Waals surface area contributed by atoms with E-state index in [0.717, 1.165) is 24.3 Å². The second-order valence-electron chi connectivity index (χ2n) is 6.56. The van der Waals surface area contributed by atoms with Crippen LogP contribution in [0.15, 0.2) is 46.3 Å². The number of carbonyl (C=O) groups is 1. The van der Waals surface area contributed by atoms with Gasteiger partial charge in [0.25, 0.3) is 15.9 Å². The van der Waals surface area contributed by atoms with Crippen LogP contribution in [0.1, 0.15) is 15.9 Å². The van der Waals surface area contributed by atoms with Crippen molar-refractivity contribution in [2.24, 2.45) is 4.99 Å². The van der Waals surface area contributed by atoms with Gasteiger partial charge in [-0.3, -0.25) is 9.52 Å². The molecule has 0 radical (unpaired) electrons. The average molecular weight is 546 g/mol. The molecule has 2 aromatic carbocycles. The third kappa shape index (κ3) is 6.49. The molecule has 1 aliphatic heterocycles. The molecule has 1 aliphatic rings. The largest absolute Gasteiger partial charge is 0.573 e. The lowest BCUT2D eigenvalue weighted by atomic mass is 10.1. The normalized spacial score (nSPS) is 18.4. The fraction of sp³-hybridized carbons (Fsp3) is 0.222. The highest BCUT2D eigenvalue weighted by Crippen LogP contribution is 2.31. The summed E-state index contributed by atoms with van der Waals surface area (Å²) >= 11 is 6.05. The second-order valence-corrected chi connectivity index (χ2v) is 9.72. The highest BCUT2D eigenvalue weighted by molar-refractivity contribution is 8.15. The number of nitrogens with zero attached hydrogens (tertiary/aromatic N) is 1. The van der Waals surface area contributed by atoms with Gasteiger partial charge in [0.05, 0.1) is 15.5 Å². The number of sulfonamides is 1. The van der Waals surface area contributed by atoms with Crippen molar-refractivity contribution in [2.75, 3.05) is 0 Å². The molecule has 2 unspecified atom stereocenters. The number of rotatable bonds is 6. The van der Waals surface area contributed by atoms with Crippen LogP contribution in [0.25, 0.3) is 0 Å². The van der Waals surface area contributed by atoms with Crippen molar-refractivity contribution in [3.8, 4) is 5.75 Å². The number of aliphatic hydroxyl groups is 1. The van der Waals surface area contributed by atoms with E-state index in [1.807, 2.05) is 4.72 Å². The maximum atomic E-state index is 14.4. The van der Waals surface area contributed by atoms with E-state index in [4.69, 9.17) is 11.6 Å². The first-order valence-corrected chi connectivity index (χ1v) is 11.7. The quantitative estimate of drug-likeness (QED) is 0.480. The zero-order valence-electron chi connectivity index (χ0n) is 16.4. The Labute approximate surface area is 198 Å². The van der Waals surface area contributed by atoms with Gasteiger partial charge in [-0.25, -0.2) is 22.2 Å². The molecule has 2 aromatic rings. The first-order valence-electron chi connectivity index (χ1n) is 8.96. The minimum Gasteiger partial charge on any atom is -0.404 e. The molecule has 1 heterocycles. The number of halogens is 6. The van der Waals surface area contributed by atoms with Crippen LogP contribution in [0.3, 0.4) is 0 Å². The Morgan fingerprint density at radius 2 is 1.94 bits per heavy atom. The minimum absolute atomic E-state index is 0.240. The van der Waals surface area contributed by atoms with E-state index < -0.39 is 61.2 Å². The van der Waals surface area contributed by atoms with Crippen LogP contribution < -0.4 is 14.8 Å². The predicted molar refractivity (Wildman–Crippen MR) is 112 cm³/mol. The maximum absolute atomic E-state index is 14.4. The summed E-state index contributed by atoms with van der Waals surface area (Å²) in [5, 5.41) is 10.7. The van der Waals surface area contributed by atoms with Crippen molar-refractivity contribution in [1.29, 1.82) is 0 Å². The van der Waals surface area contributed by atoms with Crippen LogP contribution in [-0.4, -0.2) is 42.7 Å². The molecule has 0 fully saturated rings. The lowest BCUT2D eigenvalue weighted by Gasteiger charge is -2.12. The molecule has 3 rings (SSSR count). The van der Waals surface area contributed by atoms with Crippen molar-refractivity contribution in [1.82, 2.24) is 10.0 Å². The lowest BCUT2D eigenvalue weighted by molar-refractivity contribution is -0.274. The van der Waals surface area contributed by atoms with Crippen LogP contribution in [-0.2, 0) is 16.6 Å². The summed E-state index contributed by atoms with van der Waals surface area (Å²) in [4.78, 5) is 15.1. The van der Waals surface area contributed by atoms with Gasteiger partial charge in [-0.1, -0.05) is 17.7 Å². The molecule has 0 bridgehead atoms. The third-order valence-corrected chi connectivity index (χ3v) is 6.76. The summed E-state index contributed by atoms with van der Waals surface area (Å²) in [6, 6.07) is 5.63. The SMILES string of the molecule is O=C(NCc1ccc(OC(F)(F)F)c(Cl)c1)c1ccc(S(=O)(=O)NC2=NC(O)C(F)S2)cc1F. The number of hydrogen-bond acceptors (Lipinski definition) is 7. The molecule has 8 nitrogen and oxygen atoms in total. The number of hydrogen-bond donors (Lipinski definition) is 3. The fourth-order valence-electron chi connectivity index (χ4n) is 2.59. The van der Waals surface area contributed by atoms with Gasteiger partial charge in [-0.2, -0.15) is 0 Å². The van der Waals surface area contributed by atoms with E-state index in [-0.39, 0.29) is 17.1 Å². The molecule has 0 saturated carbocycles. The predicted octanol–water partition coefficient (Wildman–Crippen LogP) is 3.30. The van der Waals surface area contributed by atoms with Crippen LogP contribution >= 0.6 is 23.4 Å². The van der Waals surface area contributed by atoms with Gasteiger partial charge in [-0.05, 0) is 47.7 Å². The summed E-state index contributed by atoms with van der Waals surface area (Å²) in [5.74, 6) is -2.78. The average Bonchev–Trinajstić information content (AvgIpc) is 3.03. The molecular formula is C18H13ClF5N3O5S2. The van der Waals surface area contributed by atoms with Crippen molar-refractivity contribution in [3.63, 3.8) is 0 Å². The minimum atomic E-state index is -4.94. The smallest absolute Gasteiger partial charge is 0.404 e. The number of carbonyl (C=O) groups excluding carboxylic acids is 1. The highest BCUT2D eigenvalue weighted by Gasteiger charge is 2.32. The molecule has 184 valence electrons. The number of ether oxygens (including phenoxy) is 1. The Morgan fingerprint density at radius 1 is 1.24 bits per heavy atom. The van der Waals surface area contributed by atoms with Gasteiger partial charge >= 0.3 is 6.36 Å². The number of aliphatic imine (C=N–C) groups is 1. The number of amides is 1. The maximum Gasteiger partial charge on any atom is 0.573 e. The number of alkyl halides is 4. The summed E-state index contributed by atoms with van der Waals surface area (Å²) < 4.78 is 94.8. The van der Waals surface area contributed by atoms with Gasteiger partial charge in [0.1, 0.15) is 11.6 Å². The molecular weight excluding hydrogens is 533 g/mol. The summed E-state index contributed by atoms with van der Waals surface area (Å²) in [6.07, 6.45) is -6.68. The highest BCUT2D eigenvalue weighted by atomic mass is 35.5. The van der Waals surface area contributed by atoms with E-state index in [2.05, 4.69) is 15.0 Å². The van der Waals surface area contributed by atoms with E-state index in [1.54, 1.807) is 0 Å². The molecule has 0 spiro atoms. The van der Waals surface area contributed by atoms with Gasteiger partial charge in [0.2, 0.25) is 0 Å². The van der Waals surface area contributed by atoms with E-state index >= 15 is 0 Å². The van der Waals surface area contributed by atoms with Crippen LogP contribution in [0.2, 0.25) is 5.02 Å². The van der Waals surface area contributed by atoms with Crippen molar-refractivity contribution in [2.45, 2.75) is 29.5 Å².